The minimum Gasteiger partial charge on any atom is -0.457 e. The highest BCUT2D eigenvalue weighted by atomic mass is 16.5. The summed E-state index contributed by atoms with van der Waals surface area (Å²) in [5.74, 6) is 3.88. The molecule has 7 heteroatoms. The molecule has 5 rings (SSSR count). The van der Waals surface area contributed by atoms with Crippen LogP contribution in [-0.2, 0) is 0 Å². The molecule has 0 bridgehead atoms. The Balaban J connectivity index is 1.26. The van der Waals surface area contributed by atoms with Crippen LogP contribution in [0.1, 0.15) is 16.2 Å². The molecular weight excluding hydrogens is 440 g/mol. The summed E-state index contributed by atoms with van der Waals surface area (Å²) >= 11 is 0. The van der Waals surface area contributed by atoms with Crippen LogP contribution in [0.3, 0.4) is 0 Å². The van der Waals surface area contributed by atoms with Crippen LogP contribution in [-0.4, -0.2) is 47.0 Å². The van der Waals surface area contributed by atoms with E-state index in [9.17, 15) is 4.79 Å². The number of ether oxygens (including phenoxy) is 2. The molecule has 1 aromatic heterocycles. The van der Waals surface area contributed by atoms with Crippen LogP contribution in [0.4, 0.5) is 5.82 Å². The van der Waals surface area contributed by atoms with E-state index in [-0.39, 0.29) is 5.91 Å². The zero-order valence-electron chi connectivity index (χ0n) is 19.5. The van der Waals surface area contributed by atoms with Gasteiger partial charge < -0.3 is 19.3 Å². The highest BCUT2D eigenvalue weighted by Gasteiger charge is 2.25. The second-order valence-corrected chi connectivity index (χ2v) is 8.22. The van der Waals surface area contributed by atoms with Gasteiger partial charge in [-0.3, -0.25) is 4.79 Å². The molecule has 1 aliphatic rings. The Kier molecular flexibility index (Phi) is 6.57. The summed E-state index contributed by atoms with van der Waals surface area (Å²) in [4.78, 5) is 26.4. The summed E-state index contributed by atoms with van der Waals surface area (Å²) in [7, 11) is 0. The largest absolute Gasteiger partial charge is 0.457 e. The van der Waals surface area contributed by atoms with Crippen LogP contribution in [0.5, 0.6) is 23.1 Å². The fourth-order valence-corrected chi connectivity index (χ4v) is 4.01. The van der Waals surface area contributed by atoms with Gasteiger partial charge in [-0.25, -0.2) is 4.98 Å². The number of carbonyl (C=O) groups excluding carboxylic acids is 1. The molecule has 3 aromatic carbocycles. The molecule has 7 nitrogen and oxygen atoms in total. The quantitative estimate of drug-likeness (QED) is 0.383. The van der Waals surface area contributed by atoms with Gasteiger partial charge in [0.2, 0.25) is 5.88 Å². The Hall–Kier alpha value is -4.39. The zero-order valence-corrected chi connectivity index (χ0v) is 19.5. The lowest BCUT2D eigenvalue weighted by Gasteiger charge is -2.35. The lowest BCUT2D eigenvalue weighted by Crippen LogP contribution is -2.49. The van der Waals surface area contributed by atoms with Crippen molar-refractivity contribution in [1.82, 2.24) is 14.9 Å². The van der Waals surface area contributed by atoms with Crippen molar-refractivity contribution in [1.29, 1.82) is 0 Å². The van der Waals surface area contributed by atoms with Crippen LogP contribution in [0.15, 0.2) is 91.0 Å². The summed E-state index contributed by atoms with van der Waals surface area (Å²) in [6.45, 7) is 4.33. The van der Waals surface area contributed by atoms with Gasteiger partial charge in [-0.05, 0) is 43.3 Å². The maximum atomic E-state index is 13.3. The molecule has 2 heterocycles. The Labute approximate surface area is 204 Å². The molecule has 1 saturated heterocycles. The van der Waals surface area contributed by atoms with E-state index in [4.69, 9.17) is 9.47 Å². The van der Waals surface area contributed by atoms with Crippen molar-refractivity contribution in [2.45, 2.75) is 6.92 Å². The summed E-state index contributed by atoms with van der Waals surface area (Å²) in [5, 5.41) is 0. The SMILES string of the molecule is Cc1nc(Oc2ccccc2)cc(N2CCN(C(=O)c3ccccc3Oc3ccccc3)CC2)n1. The number of aryl methyl sites for hydroxylation is 1. The lowest BCUT2D eigenvalue weighted by atomic mass is 10.1. The molecule has 1 amide bonds. The predicted octanol–water partition coefficient (Wildman–Crippen LogP) is 5.33. The van der Waals surface area contributed by atoms with Gasteiger partial charge in [0.1, 0.15) is 28.9 Å². The van der Waals surface area contributed by atoms with E-state index in [0.29, 0.717) is 54.9 Å². The number of piperazine rings is 1. The minimum atomic E-state index is -0.0388. The summed E-state index contributed by atoms with van der Waals surface area (Å²) < 4.78 is 11.9. The third-order valence-electron chi connectivity index (χ3n) is 5.75. The lowest BCUT2D eigenvalue weighted by molar-refractivity contribution is 0.0744. The minimum absolute atomic E-state index is 0.0388. The van der Waals surface area contributed by atoms with Crippen molar-refractivity contribution in [2.24, 2.45) is 0 Å². The number of benzene rings is 3. The molecule has 1 aliphatic heterocycles. The molecule has 4 aromatic rings. The maximum Gasteiger partial charge on any atom is 0.257 e. The molecule has 0 radical (unpaired) electrons. The Morgan fingerprint density at radius 2 is 1.34 bits per heavy atom. The number of amides is 1. The van der Waals surface area contributed by atoms with E-state index >= 15 is 0 Å². The molecule has 0 N–H and O–H groups in total. The number of carbonyl (C=O) groups is 1. The highest BCUT2D eigenvalue weighted by Crippen LogP contribution is 2.28. The molecule has 0 aliphatic carbocycles. The smallest absolute Gasteiger partial charge is 0.257 e. The molecule has 0 saturated carbocycles. The third kappa shape index (κ3) is 5.41. The maximum absolute atomic E-state index is 13.3. The van der Waals surface area contributed by atoms with Crippen molar-refractivity contribution in [3.63, 3.8) is 0 Å². The Bertz CT molecular complexity index is 1290. The van der Waals surface area contributed by atoms with Gasteiger partial charge in [0.05, 0.1) is 5.56 Å². The fraction of sp³-hybridized carbons (Fsp3) is 0.179. The number of rotatable bonds is 6. The van der Waals surface area contributed by atoms with E-state index < -0.39 is 0 Å². The second kappa shape index (κ2) is 10.3. The third-order valence-corrected chi connectivity index (χ3v) is 5.75. The first kappa shape index (κ1) is 22.4. The van der Waals surface area contributed by atoms with Crippen molar-refractivity contribution < 1.29 is 14.3 Å². The number of nitrogens with zero attached hydrogens (tertiary/aromatic N) is 4. The zero-order chi connectivity index (χ0) is 24.0. The first-order chi connectivity index (χ1) is 17.2. The van der Waals surface area contributed by atoms with Crippen molar-refractivity contribution in [3.8, 4) is 23.1 Å². The average Bonchev–Trinajstić information content (AvgIpc) is 2.90. The van der Waals surface area contributed by atoms with Gasteiger partial charge in [-0.15, -0.1) is 0 Å². The Morgan fingerprint density at radius 1 is 0.743 bits per heavy atom. The normalized spacial score (nSPS) is 13.4. The fourth-order valence-electron chi connectivity index (χ4n) is 4.01. The molecule has 35 heavy (non-hydrogen) atoms. The van der Waals surface area contributed by atoms with Crippen LogP contribution in [0, 0.1) is 6.92 Å². The molecule has 0 atom stereocenters. The van der Waals surface area contributed by atoms with Gasteiger partial charge in [0.25, 0.3) is 5.91 Å². The molecular formula is C28H26N4O3. The summed E-state index contributed by atoms with van der Waals surface area (Å²) in [5.41, 5.74) is 0.557. The van der Waals surface area contributed by atoms with E-state index in [1.807, 2.05) is 103 Å². The van der Waals surface area contributed by atoms with Crippen molar-refractivity contribution >= 4 is 11.7 Å². The van der Waals surface area contributed by atoms with Gasteiger partial charge in [-0.2, -0.15) is 4.98 Å². The van der Waals surface area contributed by atoms with Gasteiger partial charge in [0, 0.05) is 32.2 Å². The van der Waals surface area contributed by atoms with Crippen LogP contribution >= 0.6 is 0 Å². The van der Waals surface area contributed by atoms with Gasteiger partial charge in [-0.1, -0.05) is 48.5 Å². The van der Waals surface area contributed by atoms with Crippen LogP contribution in [0.25, 0.3) is 0 Å². The van der Waals surface area contributed by atoms with E-state index in [1.54, 1.807) is 0 Å². The topological polar surface area (TPSA) is 67.8 Å². The first-order valence-electron chi connectivity index (χ1n) is 11.6. The Morgan fingerprint density at radius 3 is 2.03 bits per heavy atom. The van der Waals surface area contributed by atoms with E-state index in [0.717, 1.165) is 11.6 Å². The highest BCUT2D eigenvalue weighted by molar-refractivity contribution is 5.97. The number of anilines is 1. The summed E-state index contributed by atoms with van der Waals surface area (Å²) in [6, 6.07) is 28.3. The number of hydrogen-bond acceptors (Lipinski definition) is 6. The second-order valence-electron chi connectivity index (χ2n) is 8.22. The number of para-hydroxylation sites is 3. The number of aromatic nitrogens is 2. The number of hydrogen-bond donors (Lipinski definition) is 0. The standard InChI is InChI=1S/C28H26N4O3/c1-21-29-26(20-27(30-21)35-23-12-6-3-7-13-23)31-16-18-32(19-17-31)28(33)24-14-8-9-15-25(24)34-22-10-4-2-5-11-22/h2-15,20H,16-19H2,1H3. The summed E-state index contributed by atoms with van der Waals surface area (Å²) in [6.07, 6.45) is 0. The van der Waals surface area contributed by atoms with Crippen molar-refractivity contribution in [3.05, 3.63) is 102 Å². The van der Waals surface area contributed by atoms with Crippen LogP contribution < -0.4 is 14.4 Å². The van der Waals surface area contributed by atoms with Crippen molar-refractivity contribution in [2.75, 3.05) is 31.1 Å². The monoisotopic (exact) mass is 466 g/mol. The predicted molar refractivity (Wildman–Crippen MR) is 134 cm³/mol. The van der Waals surface area contributed by atoms with Crippen LogP contribution in [0.2, 0.25) is 0 Å². The molecule has 0 unspecified atom stereocenters. The first-order valence-corrected chi connectivity index (χ1v) is 11.6. The molecule has 176 valence electrons. The molecule has 1 fully saturated rings. The van der Waals surface area contributed by atoms with Gasteiger partial charge >= 0.3 is 0 Å². The molecule has 0 spiro atoms. The van der Waals surface area contributed by atoms with E-state index in [1.165, 1.54) is 0 Å². The van der Waals surface area contributed by atoms with Gasteiger partial charge in [0.15, 0.2) is 0 Å². The average molecular weight is 467 g/mol. The van der Waals surface area contributed by atoms with E-state index in [2.05, 4.69) is 14.9 Å².